The van der Waals surface area contributed by atoms with Crippen molar-refractivity contribution in [2.75, 3.05) is 0 Å². The van der Waals surface area contributed by atoms with Crippen LogP contribution in [0.15, 0.2) is 18.2 Å². The molecule has 0 aliphatic carbocycles. The van der Waals surface area contributed by atoms with Gasteiger partial charge in [0.05, 0.1) is 16.8 Å². The summed E-state index contributed by atoms with van der Waals surface area (Å²) in [5.74, 6) is -0.903. The number of nitrogens with zero attached hydrogens (tertiary/aromatic N) is 2. The first-order valence-electron chi connectivity index (χ1n) is 4.84. The van der Waals surface area contributed by atoms with Crippen LogP contribution in [-0.4, -0.2) is 20.9 Å². The van der Waals surface area contributed by atoms with Gasteiger partial charge in [-0.05, 0) is 26.0 Å². The number of carboxylic acids is 1. The molecule has 0 atom stereocenters. The lowest BCUT2D eigenvalue weighted by Gasteiger charge is -1.99. The van der Waals surface area contributed by atoms with Crippen molar-refractivity contribution >= 4 is 16.9 Å². The van der Waals surface area contributed by atoms with Gasteiger partial charge in [-0.3, -0.25) is 4.68 Å². The van der Waals surface area contributed by atoms with Crippen molar-refractivity contribution in [1.82, 2.24) is 9.78 Å². The van der Waals surface area contributed by atoms with Crippen molar-refractivity contribution in [3.63, 3.8) is 0 Å². The topological polar surface area (TPSA) is 55.1 Å². The molecule has 15 heavy (non-hydrogen) atoms. The largest absolute Gasteiger partial charge is 0.478 e. The molecular formula is C11H12N2O2. The zero-order valence-corrected chi connectivity index (χ0v) is 8.69. The van der Waals surface area contributed by atoms with Gasteiger partial charge in [0.1, 0.15) is 0 Å². The number of fused-ring (bicyclic) bond motifs is 1. The van der Waals surface area contributed by atoms with Crippen molar-refractivity contribution in [2.45, 2.75) is 20.4 Å². The van der Waals surface area contributed by atoms with Crippen molar-refractivity contribution in [2.24, 2.45) is 0 Å². The quantitative estimate of drug-likeness (QED) is 0.814. The minimum atomic E-state index is -0.903. The van der Waals surface area contributed by atoms with E-state index in [9.17, 15) is 4.79 Å². The second kappa shape index (κ2) is 3.38. The van der Waals surface area contributed by atoms with E-state index in [0.29, 0.717) is 5.56 Å². The third-order valence-electron chi connectivity index (χ3n) is 2.48. The van der Waals surface area contributed by atoms with E-state index >= 15 is 0 Å². The molecule has 4 nitrogen and oxygen atoms in total. The first-order chi connectivity index (χ1) is 7.15. The fourth-order valence-corrected chi connectivity index (χ4v) is 1.84. The molecule has 1 N–H and O–H groups in total. The highest BCUT2D eigenvalue weighted by molar-refractivity contribution is 6.03. The summed E-state index contributed by atoms with van der Waals surface area (Å²) in [6.07, 6.45) is 0. The number of hydrogen-bond donors (Lipinski definition) is 1. The van der Waals surface area contributed by atoms with Gasteiger partial charge >= 0.3 is 5.97 Å². The van der Waals surface area contributed by atoms with Crippen LogP contribution in [-0.2, 0) is 6.54 Å². The van der Waals surface area contributed by atoms with Gasteiger partial charge < -0.3 is 5.11 Å². The molecule has 4 heteroatoms. The van der Waals surface area contributed by atoms with Gasteiger partial charge in [0.25, 0.3) is 0 Å². The Morgan fingerprint density at radius 3 is 2.87 bits per heavy atom. The molecule has 1 aromatic heterocycles. The van der Waals surface area contributed by atoms with Crippen LogP contribution in [0.1, 0.15) is 23.0 Å². The van der Waals surface area contributed by atoms with E-state index < -0.39 is 5.97 Å². The predicted octanol–water partition coefficient (Wildman–Crippen LogP) is 2.06. The van der Waals surface area contributed by atoms with Crippen molar-refractivity contribution in [1.29, 1.82) is 0 Å². The van der Waals surface area contributed by atoms with Gasteiger partial charge in [-0.15, -0.1) is 0 Å². The van der Waals surface area contributed by atoms with Crippen LogP contribution in [0.4, 0.5) is 0 Å². The monoisotopic (exact) mass is 204 g/mol. The number of carboxylic acid groups (broad SMARTS) is 1. The minimum Gasteiger partial charge on any atom is -0.478 e. The average molecular weight is 204 g/mol. The second-order valence-corrected chi connectivity index (χ2v) is 3.41. The normalized spacial score (nSPS) is 10.8. The maximum atomic E-state index is 11.0. The number of carbonyl (C=O) groups is 1. The Hall–Kier alpha value is -1.84. The molecule has 0 amide bonds. The van der Waals surface area contributed by atoms with Crippen LogP contribution in [0.5, 0.6) is 0 Å². The molecule has 0 radical (unpaired) electrons. The SMILES string of the molecule is CCn1nc(C)c2c(C(=O)O)cccc21. The zero-order chi connectivity index (χ0) is 11.0. The molecule has 1 heterocycles. The van der Waals surface area contributed by atoms with Crippen LogP contribution < -0.4 is 0 Å². The fraction of sp³-hybridized carbons (Fsp3) is 0.273. The Balaban J connectivity index is 2.86. The number of aromatic carboxylic acids is 1. The maximum Gasteiger partial charge on any atom is 0.336 e. The van der Waals surface area contributed by atoms with Gasteiger partial charge in [0.2, 0.25) is 0 Å². The Labute approximate surface area is 87.1 Å². The maximum absolute atomic E-state index is 11.0. The molecular weight excluding hydrogens is 192 g/mol. The highest BCUT2D eigenvalue weighted by atomic mass is 16.4. The Morgan fingerprint density at radius 1 is 1.53 bits per heavy atom. The summed E-state index contributed by atoms with van der Waals surface area (Å²) in [5.41, 5.74) is 1.98. The molecule has 0 unspecified atom stereocenters. The zero-order valence-electron chi connectivity index (χ0n) is 8.69. The Kier molecular flexibility index (Phi) is 2.19. The summed E-state index contributed by atoms with van der Waals surface area (Å²) in [6, 6.07) is 5.25. The van der Waals surface area contributed by atoms with Crippen molar-refractivity contribution in [3.8, 4) is 0 Å². The molecule has 0 aliphatic heterocycles. The van der Waals surface area contributed by atoms with E-state index in [4.69, 9.17) is 5.11 Å². The smallest absolute Gasteiger partial charge is 0.336 e. The lowest BCUT2D eigenvalue weighted by atomic mass is 10.1. The lowest BCUT2D eigenvalue weighted by molar-refractivity contribution is 0.0699. The van der Waals surface area contributed by atoms with E-state index in [1.165, 1.54) is 0 Å². The van der Waals surface area contributed by atoms with Crippen LogP contribution in [0.3, 0.4) is 0 Å². The van der Waals surface area contributed by atoms with E-state index in [1.807, 2.05) is 24.6 Å². The van der Waals surface area contributed by atoms with Gasteiger partial charge in [-0.1, -0.05) is 6.07 Å². The molecule has 0 bridgehead atoms. The van der Waals surface area contributed by atoms with Crippen LogP contribution in [0.25, 0.3) is 10.9 Å². The highest BCUT2D eigenvalue weighted by Crippen LogP contribution is 2.22. The molecule has 0 spiro atoms. The minimum absolute atomic E-state index is 0.324. The molecule has 0 aliphatic rings. The van der Waals surface area contributed by atoms with Crippen LogP contribution >= 0.6 is 0 Å². The Bertz CT molecular complexity index is 529. The highest BCUT2D eigenvalue weighted by Gasteiger charge is 2.14. The van der Waals surface area contributed by atoms with Gasteiger partial charge in [-0.25, -0.2) is 4.79 Å². The Morgan fingerprint density at radius 2 is 2.27 bits per heavy atom. The third-order valence-corrected chi connectivity index (χ3v) is 2.48. The third kappa shape index (κ3) is 1.38. The van der Waals surface area contributed by atoms with Crippen LogP contribution in [0, 0.1) is 6.92 Å². The summed E-state index contributed by atoms with van der Waals surface area (Å²) in [7, 11) is 0. The molecule has 2 aromatic rings. The number of rotatable bonds is 2. The molecule has 0 saturated heterocycles. The lowest BCUT2D eigenvalue weighted by Crippen LogP contribution is -1.98. The number of benzene rings is 1. The molecule has 2 rings (SSSR count). The average Bonchev–Trinajstić information content (AvgIpc) is 2.55. The number of aryl methyl sites for hydroxylation is 2. The summed E-state index contributed by atoms with van der Waals surface area (Å²) in [6.45, 7) is 4.56. The summed E-state index contributed by atoms with van der Waals surface area (Å²) in [5, 5.41) is 14.1. The predicted molar refractivity (Wildman–Crippen MR) is 57.1 cm³/mol. The van der Waals surface area contributed by atoms with Gasteiger partial charge in [0, 0.05) is 11.9 Å². The summed E-state index contributed by atoms with van der Waals surface area (Å²) < 4.78 is 1.82. The van der Waals surface area contributed by atoms with Gasteiger partial charge in [-0.2, -0.15) is 5.10 Å². The molecule has 78 valence electrons. The number of aromatic nitrogens is 2. The van der Waals surface area contributed by atoms with E-state index in [1.54, 1.807) is 12.1 Å². The van der Waals surface area contributed by atoms with Crippen molar-refractivity contribution < 1.29 is 9.90 Å². The second-order valence-electron chi connectivity index (χ2n) is 3.41. The molecule has 0 saturated carbocycles. The van der Waals surface area contributed by atoms with E-state index in [0.717, 1.165) is 23.1 Å². The first kappa shape index (κ1) is 9.71. The van der Waals surface area contributed by atoms with E-state index in [2.05, 4.69) is 5.10 Å². The number of hydrogen-bond acceptors (Lipinski definition) is 2. The summed E-state index contributed by atoms with van der Waals surface area (Å²) >= 11 is 0. The van der Waals surface area contributed by atoms with Crippen LogP contribution in [0.2, 0.25) is 0 Å². The van der Waals surface area contributed by atoms with E-state index in [-0.39, 0.29) is 0 Å². The first-order valence-corrected chi connectivity index (χ1v) is 4.84. The van der Waals surface area contributed by atoms with Crippen molar-refractivity contribution in [3.05, 3.63) is 29.5 Å². The fourth-order valence-electron chi connectivity index (χ4n) is 1.84. The molecule has 0 fully saturated rings. The standard InChI is InChI=1S/C11H12N2O2/c1-3-13-9-6-4-5-8(11(14)15)10(9)7(2)12-13/h4-6H,3H2,1-2H3,(H,14,15). The molecule has 1 aromatic carbocycles. The van der Waals surface area contributed by atoms with Gasteiger partial charge in [0.15, 0.2) is 0 Å². The summed E-state index contributed by atoms with van der Waals surface area (Å²) in [4.78, 5) is 11.0.